The number of anilines is 1. The Morgan fingerprint density at radius 1 is 1.10 bits per heavy atom. The number of amides is 1. The second-order valence-corrected chi connectivity index (χ2v) is 5.17. The molecule has 1 aromatic heterocycles. The van der Waals surface area contributed by atoms with Crippen molar-refractivity contribution >= 4 is 34.1 Å². The van der Waals surface area contributed by atoms with Crippen molar-refractivity contribution in [1.29, 1.82) is 0 Å². The lowest BCUT2D eigenvalue weighted by molar-refractivity contribution is 0.102. The van der Waals surface area contributed by atoms with E-state index in [0.717, 1.165) is 16.6 Å². The lowest BCUT2D eigenvalue weighted by Crippen LogP contribution is -2.13. The topological polar surface area (TPSA) is 42.0 Å². The number of hydrogen-bond donors (Lipinski definition) is 1. The largest absolute Gasteiger partial charge is 0.321 e. The zero-order chi connectivity index (χ0) is 14.8. The average Bonchev–Trinajstić information content (AvgIpc) is 2.48. The molecule has 1 heterocycles. The van der Waals surface area contributed by atoms with Crippen molar-refractivity contribution < 1.29 is 4.79 Å². The van der Waals surface area contributed by atoms with Gasteiger partial charge in [0.15, 0.2) is 0 Å². The maximum Gasteiger partial charge on any atom is 0.256 e. The summed E-state index contributed by atoms with van der Waals surface area (Å²) in [5, 5.41) is 4.19. The Kier molecular flexibility index (Phi) is 3.59. The van der Waals surface area contributed by atoms with E-state index >= 15 is 0 Å². The smallest absolute Gasteiger partial charge is 0.256 e. The Morgan fingerprint density at radius 3 is 2.62 bits per heavy atom. The molecule has 0 aliphatic carbocycles. The highest BCUT2D eigenvalue weighted by Gasteiger charge is 2.13. The van der Waals surface area contributed by atoms with Crippen LogP contribution < -0.4 is 5.32 Å². The molecule has 0 aliphatic heterocycles. The molecule has 0 radical (unpaired) electrons. The zero-order valence-electron chi connectivity index (χ0n) is 11.4. The minimum atomic E-state index is -0.190. The molecule has 0 aliphatic rings. The fourth-order valence-electron chi connectivity index (χ4n) is 2.25. The number of aromatic nitrogens is 1. The Balaban J connectivity index is 2.04. The summed E-state index contributed by atoms with van der Waals surface area (Å²) in [5.74, 6) is -0.190. The third kappa shape index (κ3) is 2.73. The van der Waals surface area contributed by atoms with E-state index in [2.05, 4.69) is 10.3 Å². The standard InChI is InChI=1S/C17H13ClN2O/c1-11-10-13(12-6-2-4-8-15(12)19-11)17(21)20-16-9-5-3-7-14(16)18/h2-10H,1H3,(H,20,21). The Hall–Kier alpha value is -2.39. The minimum absolute atomic E-state index is 0.190. The van der Waals surface area contributed by atoms with Crippen LogP contribution in [-0.2, 0) is 0 Å². The molecule has 3 aromatic rings. The monoisotopic (exact) mass is 296 g/mol. The Bertz CT molecular complexity index is 830. The van der Waals surface area contributed by atoms with Crippen LogP contribution in [0, 0.1) is 6.92 Å². The van der Waals surface area contributed by atoms with Gasteiger partial charge >= 0.3 is 0 Å². The van der Waals surface area contributed by atoms with Gasteiger partial charge < -0.3 is 5.32 Å². The highest BCUT2D eigenvalue weighted by atomic mass is 35.5. The maximum absolute atomic E-state index is 12.5. The molecule has 4 heteroatoms. The molecule has 0 spiro atoms. The summed E-state index contributed by atoms with van der Waals surface area (Å²) < 4.78 is 0. The number of carbonyl (C=O) groups excluding carboxylic acids is 1. The summed E-state index contributed by atoms with van der Waals surface area (Å²) in [6.07, 6.45) is 0. The number of hydrogen-bond acceptors (Lipinski definition) is 2. The van der Waals surface area contributed by atoms with Crippen molar-refractivity contribution in [2.24, 2.45) is 0 Å². The summed E-state index contributed by atoms with van der Waals surface area (Å²) >= 11 is 6.08. The van der Waals surface area contributed by atoms with Gasteiger partial charge in [-0.05, 0) is 31.2 Å². The van der Waals surface area contributed by atoms with E-state index in [0.29, 0.717) is 16.3 Å². The van der Waals surface area contributed by atoms with Crippen molar-refractivity contribution in [3.8, 4) is 0 Å². The van der Waals surface area contributed by atoms with Crippen LogP contribution in [0.1, 0.15) is 16.1 Å². The second-order valence-electron chi connectivity index (χ2n) is 4.76. The Labute approximate surface area is 127 Å². The van der Waals surface area contributed by atoms with E-state index in [1.54, 1.807) is 18.2 Å². The lowest BCUT2D eigenvalue weighted by Gasteiger charge is -2.10. The predicted molar refractivity (Wildman–Crippen MR) is 85.9 cm³/mol. The molecule has 104 valence electrons. The van der Waals surface area contributed by atoms with E-state index in [9.17, 15) is 4.79 Å². The van der Waals surface area contributed by atoms with Gasteiger partial charge in [0, 0.05) is 11.1 Å². The number of aryl methyl sites for hydroxylation is 1. The summed E-state index contributed by atoms with van der Waals surface area (Å²) in [4.78, 5) is 17.0. The van der Waals surface area contributed by atoms with Crippen LogP contribution in [0.3, 0.4) is 0 Å². The van der Waals surface area contributed by atoms with Crippen LogP contribution in [0.4, 0.5) is 5.69 Å². The molecular formula is C17H13ClN2O. The van der Waals surface area contributed by atoms with Gasteiger partial charge in [0.1, 0.15) is 0 Å². The SMILES string of the molecule is Cc1cc(C(=O)Nc2ccccc2Cl)c2ccccc2n1. The second kappa shape index (κ2) is 5.54. The third-order valence-electron chi connectivity index (χ3n) is 3.21. The first-order valence-corrected chi connectivity index (χ1v) is 6.95. The van der Waals surface area contributed by atoms with E-state index < -0.39 is 0 Å². The van der Waals surface area contributed by atoms with E-state index in [4.69, 9.17) is 11.6 Å². The molecule has 2 aromatic carbocycles. The van der Waals surface area contributed by atoms with Gasteiger partial charge in [-0.3, -0.25) is 9.78 Å². The highest BCUT2D eigenvalue weighted by Crippen LogP contribution is 2.23. The lowest BCUT2D eigenvalue weighted by atomic mass is 10.1. The van der Waals surface area contributed by atoms with Gasteiger partial charge in [0.05, 0.1) is 21.8 Å². The number of nitrogens with one attached hydrogen (secondary N) is 1. The normalized spacial score (nSPS) is 10.6. The molecule has 3 rings (SSSR count). The van der Waals surface area contributed by atoms with Gasteiger partial charge in [-0.2, -0.15) is 0 Å². The maximum atomic E-state index is 12.5. The van der Waals surface area contributed by atoms with Gasteiger partial charge in [-0.1, -0.05) is 41.9 Å². The van der Waals surface area contributed by atoms with E-state index in [-0.39, 0.29) is 5.91 Å². The average molecular weight is 297 g/mol. The van der Waals surface area contributed by atoms with Crippen LogP contribution in [0.15, 0.2) is 54.6 Å². The van der Waals surface area contributed by atoms with Crippen LogP contribution in [0.25, 0.3) is 10.9 Å². The Morgan fingerprint density at radius 2 is 1.81 bits per heavy atom. The van der Waals surface area contributed by atoms with Gasteiger partial charge in [-0.15, -0.1) is 0 Å². The number of halogens is 1. The van der Waals surface area contributed by atoms with E-state index in [1.165, 1.54) is 0 Å². The number of fused-ring (bicyclic) bond motifs is 1. The van der Waals surface area contributed by atoms with Gasteiger partial charge in [0.2, 0.25) is 0 Å². The molecule has 0 saturated heterocycles. The van der Waals surface area contributed by atoms with Crippen LogP contribution in [0.5, 0.6) is 0 Å². The molecular weight excluding hydrogens is 284 g/mol. The summed E-state index contributed by atoms with van der Waals surface area (Å²) in [7, 11) is 0. The minimum Gasteiger partial charge on any atom is -0.321 e. The number of carbonyl (C=O) groups is 1. The molecule has 0 unspecified atom stereocenters. The van der Waals surface area contributed by atoms with Crippen molar-refractivity contribution in [3.63, 3.8) is 0 Å². The fourth-order valence-corrected chi connectivity index (χ4v) is 2.43. The van der Waals surface area contributed by atoms with Gasteiger partial charge in [-0.25, -0.2) is 0 Å². The van der Waals surface area contributed by atoms with Crippen LogP contribution in [-0.4, -0.2) is 10.9 Å². The van der Waals surface area contributed by atoms with Crippen molar-refractivity contribution in [3.05, 3.63) is 70.9 Å². The molecule has 0 saturated carbocycles. The highest BCUT2D eigenvalue weighted by molar-refractivity contribution is 6.34. The first-order chi connectivity index (χ1) is 10.1. The first kappa shape index (κ1) is 13.6. The summed E-state index contributed by atoms with van der Waals surface area (Å²) in [6.45, 7) is 1.87. The molecule has 1 N–H and O–H groups in total. The van der Waals surface area contributed by atoms with Crippen molar-refractivity contribution in [2.75, 3.05) is 5.32 Å². The number of nitrogens with zero attached hydrogens (tertiary/aromatic N) is 1. The summed E-state index contributed by atoms with van der Waals surface area (Å²) in [6, 6.07) is 16.5. The van der Waals surface area contributed by atoms with E-state index in [1.807, 2.05) is 43.3 Å². The quantitative estimate of drug-likeness (QED) is 0.759. The molecule has 21 heavy (non-hydrogen) atoms. The number of benzene rings is 2. The zero-order valence-corrected chi connectivity index (χ0v) is 12.2. The number of rotatable bonds is 2. The predicted octanol–water partition coefficient (Wildman–Crippen LogP) is 4.45. The first-order valence-electron chi connectivity index (χ1n) is 6.57. The third-order valence-corrected chi connectivity index (χ3v) is 3.54. The molecule has 3 nitrogen and oxygen atoms in total. The molecule has 0 atom stereocenters. The summed E-state index contributed by atoms with van der Waals surface area (Å²) in [5.41, 5.74) is 2.81. The number of para-hydroxylation sites is 2. The molecule has 1 amide bonds. The number of pyridine rings is 1. The van der Waals surface area contributed by atoms with Gasteiger partial charge in [0.25, 0.3) is 5.91 Å². The molecule has 0 fully saturated rings. The molecule has 0 bridgehead atoms. The van der Waals surface area contributed by atoms with Crippen LogP contribution >= 0.6 is 11.6 Å². The fraction of sp³-hybridized carbons (Fsp3) is 0.0588. The van der Waals surface area contributed by atoms with Crippen LogP contribution in [0.2, 0.25) is 5.02 Å². The van der Waals surface area contributed by atoms with Crippen molar-refractivity contribution in [2.45, 2.75) is 6.92 Å². The van der Waals surface area contributed by atoms with Crippen molar-refractivity contribution in [1.82, 2.24) is 4.98 Å².